The van der Waals surface area contributed by atoms with Crippen LogP contribution < -0.4 is 10.1 Å². The Morgan fingerprint density at radius 3 is 2.55 bits per heavy atom. The molecule has 1 heterocycles. The molecule has 0 aliphatic carbocycles. The fourth-order valence-corrected chi connectivity index (χ4v) is 4.22. The van der Waals surface area contributed by atoms with E-state index in [0.717, 1.165) is 24.7 Å². The molecular weight excluding hydrogens is 440 g/mol. The van der Waals surface area contributed by atoms with Gasteiger partial charge in [-0.05, 0) is 43.7 Å². The monoisotopic (exact) mass is 470 g/mol. The van der Waals surface area contributed by atoms with E-state index in [2.05, 4.69) is 47.2 Å². The number of β-amino-alcohol motifs (C(OH)–C–C–N with tert-alkyl or cyclic N) is 1. The molecule has 1 aliphatic rings. The molecule has 3 unspecified atom stereocenters. The number of benzene rings is 2. The summed E-state index contributed by atoms with van der Waals surface area (Å²) in [5.74, 6) is 0.140. The second-order valence-electron chi connectivity index (χ2n) is 8.68. The van der Waals surface area contributed by atoms with Crippen molar-refractivity contribution in [1.29, 1.82) is 5.26 Å². The van der Waals surface area contributed by atoms with E-state index < -0.39 is 6.10 Å². The Morgan fingerprint density at radius 2 is 1.88 bits per heavy atom. The number of carbonyl (C=O) groups is 1. The molecule has 1 saturated heterocycles. The van der Waals surface area contributed by atoms with E-state index in [1.54, 1.807) is 18.2 Å². The third-order valence-corrected chi connectivity index (χ3v) is 6.09. The molecule has 0 saturated carbocycles. The van der Waals surface area contributed by atoms with Gasteiger partial charge in [-0.25, -0.2) is 0 Å². The first-order valence-electron chi connectivity index (χ1n) is 11.1. The van der Waals surface area contributed by atoms with Crippen molar-refractivity contribution in [2.45, 2.75) is 45.5 Å². The number of hydrogen-bond donors (Lipinski definition) is 2. The Labute approximate surface area is 200 Å². The van der Waals surface area contributed by atoms with E-state index in [9.17, 15) is 15.2 Å². The highest BCUT2D eigenvalue weighted by Gasteiger charge is 2.30. The predicted molar refractivity (Wildman–Crippen MR) is 129 cm³/mol. The van der Waals surface area contributed by atoms with E-state index in [4.69, 9.17) is 16.3 Å². The number of rotatable bonds is 8. The molecule has 33 heavy (non-hydrogen) atoms. The van der Waals surface area contributed by atoms with Crippen molar-refractivity contribution in [1.82, 2.24) is 9.80 Å². The van der Waals surface area contributed by atoms with Crippen LogP contribution in [0.25, 0.3) is 0 Å². The lowest BCUT2D eigenvalue weighted by Gasteiger charge is -2.44. The second-order valence-corrected chi connectivity index (χ2v) is 9.11. The molecule has 1 fully saturated rings. The third-order valence-electron chi connectivity index (χ3n) is 5.84. The van der Waals surface area contributed by atoms with Gasteiger partial charge in [-0.3, -0.25) is 14.6 Å². The normalized spacial score (nSPS) is 20.1. The topological polar surface area (TPSA) is 88.8 Å². The highest BCUT2D eigenvalue weighted by molar-refractivity contribution is 6.30. The van der Waals surface area contributed by atoms with Crippen LogP contribution in [0.2, 0.25) is 5.02 Å². The number of nitrogens with one attached hydrogen (secondary N) is 1. The summed E-state index contributed by atoms with van der Waals surface area (Å²) < 4.78 is 5.75. The molecule has 2 aromatic carbocycles. The van der Waals surface area contributed by atoms with E-state index in [-0.39, 0.29) is 18.6 Å². The molecule has 176 valence electrons. The predicted octanol–water partition coefficient (Wildman–Crippen LogP) is 3.50. The van der Waals surface area contributed by atoms with E-state index in [1.807, 2.05) is 12.1 Å². The Hall–Kier alpha value is -2.63. The number of aliphatic hydroxyl groups is 1. The van der Waals surface area contributed by atoms with Crippen LogP contribution in [-0.2, 0) is 11.3 Å². The summed E-state index contributed by atoms with van der Waals surface area (Å²) in [4.78, 5) is 16.0. The maximum atomic E-state index is 11.3. The number of nitrogens with zero attached hydrogens (tertiary/aromatic N) is 3. The summed E-state index contributed by atoms with van der Waals surface area (Å²) in [7, 11) is 0. The summed E-state index contributed by atoms with van der Waals surface area (Å²) in [6.45, 7) is 8.92. The number of ether oxygens (including phenoxy) is 1. The Balaban J connectivity index is 1.53. The van der Waals surface area contributed by atoms with Crippen molar-refractivity contribution in [3.63, 3.8) is 0 Å². The van der Waals surface area contributed by atoms with Crippen molar-refractivity contribution in [3.05, 3.63) is 58.6 Å². The summed E-state index contributed by atoms with van der Waals surface area (Å²) >= 11 is 6.00. The van der Waals surface area contributed by atoms with Gasteiger partial charge in [-0.1, -0.05) is 23.7 Å². The molecule has 1 amide bonds. The number of carbonyl (C=O) groups excluding carboxylic acids is 1. The molecule has 0 spiro atoms. The zero-order valence-electron chi connectivity index (χ0n) is 19.3. The van der Waals surface area contributed by atoms with Crippen LogP contribution in [0, 0.1) is 11.3 Å². The second kappa shape index (κ2) is 11.5. The van der Waals surface area contributed by atoms with Crippen LogP contribution in [0.4, 0.5) is 5.69 Å². The lowest BCUT2D eigenvalue weighted by molar-refractivity contribution is -0.114. The fourth-order valence-electron chi connectivity index (χ4n) is 4.09. The van der Waals surface area contributed by atoms with Gasteiger partial charge in [-0.2, -0.15) is 5.26 Å². The smallest absolute Gasteiger partial charge is 0.221 e. The molecule has 3 rings (SSSR count). The zero-order chi connectivity index (χ0) is 24.0. The largest absolute Gasteiger partial charge is 0.489 e. The van der Waals surface area contributed by atoms with Crippen LogP contribution >= 0.6 is 11.6 Å². The average molecular weight is 471 g/mol. The lowest BCUT2D eigenvalue weighted by atomic mass is 10.1. The van der Waals surface area contributed by atoms with Crippen LogP contribution in [0.1, 0.15) is 31.9 Å². The zero-order valence-corrected chi connectivity index (χ0v) is 20.0. The minimum absolute atomic E-state index is 0.0598. The molecule has 2 aromatic rings. The minimum Gasteiger partial charge on any atom is -0.489 e. The quantitative estimate of drug-likeness (QED) is 0.613. The van der Waals surface area contributed by atoms with Gasteiger partial charge in [0.25, 0.3) is 0 Å². The van der Waals surface area contributed by atoms with E-state index in [0.29, 0.717) is 29.6 Å². The number of amides is 1. The van der Waals surface area contributed by atoms with Gasteiger partial charge < -0.3 is 15.2 Å². The van der Waals surface area contributed by atoms with Gasteiger partial charge >= 0.3 is 0 Å². The molecule has 2 N–H and O–H groups in total. The fraction of sp³-hybridized carbons (Fsp3) is 0.440. The van der Waals surface area contributed by atoms with Gasteiger partial charge in [0.2, 0.25) is 5.91 Å². The summed E-state index contributed by atoms with van der Waals surface area (Å²) in [5.41, 5.74) is 2.13. The van der Waals surface area contributed by atoms with Crippen molar-refractivity contribution in [2.24, 2.45) is 0 Å². The molecule has 0 bridgehead atoms. The molecule has 7 nitrogen and oxygen atoms in total. The Kier molecular flexibility index (Phi) is 8.70. The number of hydrogen-bond acceptors (Lipinski definition) is 6. The highest BCUT2D eigenvalue weighted by Crippen LogP contribution is 2.24. The average Bonchev–Trinajstić information content (AvgIpc) is 2.77. The summed E-state index contributed by atoms with van der Waals surface area (Å²) in [6, 6.07) is 15.5. The van der Waals surface area contributed by atoms with Crippen LogP contribution in [-0.4, -0.2) is 65.2 Å². The van der Waals surface area contributed by atoms with Gasteiger partial charge in [0, 0.05) is 62.0 Å². The van der Waals surface area contributed by atoms with Crippen LogP contribution in [0.3, 0.4) is 0 Å². The van der Waals surface area contributed by atoms with Gasteiger partial charge in [0.05, 0.1) is 5.56 Å². The molecule has 1 aliphatic heterocycles. The number of halogens is 1. The van der Waals surface area contributed by atoms with E-state index in [1.165, 1.54) is 12.5 Å². The lowest BCUT2D eigenvalue weighted by Crippen LogP contribution is -2.57. The first-order valence-corrected chi connectivity index (χ1v) is 11.5. The SMILES string of the molecule is CC(=O)Nc1ccc(C#N)c(OCC(O)CN2CC(C)N(Cc3ccc(Cl)cc3)CC2C)c1. The first kappa shape index (κ1) is 25.0. The third kappa shape index (κ3) is 7.18. The van der Waals surface area contributed by atoms with Crippen molar-refractivity contribution < 1.29 is 14.6 Å². The molecular formula is C25H31ClN4O3. The number of anilines is 1. The molecule has 0 aromatic heterocycles. The molecule has 3 atom stereocenters. The van der Waals surface area contributed by atoms with Crippen LogP contribution in [0.5, 0.6) is 5.75 Å². The minimum atomic E-state index is -0.710. The van der Waals surface area contributed by atoms with Gasteiger partial charge in [-0.15, -0.1) is 0 Å². The van der Waals surface area contributed by atoms with Crippen molar-refractivity contribution >= 4 is 23.2 Å². The standard InChI is InChI=1S/C25H31ClN4O3/c1-17-13-30(18(2)12-29(17)14-20-4-7-22(26)8-5-20)15-24(32)16-33-25-10-23(28-19(3)31)9-6-21(25)11-27/h4-10,17-18,24,32H,12-16H2,1-3H3,(H,28,31). The van der Waals surface area contributed by atoms with E-state index >= 15 is 0 Å². The van der Waals surface area contributed by atoms with Gasteiger partial charge in [0.15, 0.2) is 0 Å². The summed E-state index contributed by atoms with van der Waals surface area (Å²) in [6.07, 6.45) is -0.710. The van der Waals surface area contributed by atoms with Crippen molar-refractivity contribution in [3.8, 4) is 11.8 Å². The van der Waals surface area contributed by atoms with Gasteiger partial charge in [0.1, 0.15) is 24.5 Å². The van der Waals surface area contributed by atoms with Crippen molar-refractivity contribution in [2.75, 3.05) is 31.6 Å². The maximum Gasteiger partial charge on any atom is 0.221 e. The molecule has 0 radical (unpaired) electrons. The number of aliphatic hydroxyl groups excluding tert-OH is 1. The number of nitriles is 1. The first-order chi connectivity index (χ1) is 15.7. The summed E-state index contributed by atoms with van der Waals surface area (Å²) in [5, 5.41) is 23.4. The Bertz CT molecular complexity index is 992. The highest BCUT2D eigenvalue weighted by atomic mass is 35.5. The maximum absolute atomic E-state index is 11.3. The Morgan fingerprint density at radius 1 is 1.21 bits per heavy atom. The number of piperazine rings is 1. The van der Waals surface area contributed by atoms with Crippen LogP contribution in [0.15, 0.2) is 42.5 Å². The molecule has 8 heteroatoms.